The van der Waals surface area contributed by atoms with Gasteiger partial charge in [0.25, 0.3) is 0 Å². The van der Waals surface area contributed by atoms with E-state index >= 15 is 0 Å². The van der Waals surface area contributed by atoms with Gasteiger partial charge in [-0.3, -0.25) is 4.79 Å². The Balaban J connectivity index is 1.92. The number of carbonyl (C=O) groups excluding carboxylic acids is 1. The van der Waals surface area contributed by atoms with Crippen LogP contribution in [0.4, 0.5) is 5.69 Å². The van der Waals surface area contributed by atoms with Gasteiger partial charge < -0.3 is 9.64 Å². The van der Waals surface area contributed by atoms with Gasteiger partial charge in [0.15, 0.2) is 0 Å². The van der Waals surface area contributed by atoms with E-state index in [1.165, 1.54) is 19.1 Å². The van der Waals surface area contributed by atoms with Crippen molar-refractivity contribution in [3.8, 4) is 5.75 Å². The largest absolute Gasteiger partial charge is 0.487 e. The molecule has 1 amide bonds. The summed E-state index contributed by atoms with van der Waals surface area (Å²) in [5.41, 5.74) is 1.35. The predicted molar refractivity (Wildman–Crippen MR) is 99.7 cm³/mol. The molecule has 0 aliphatic carbocycles. The summed E-state index contributed by atoms with van der Waals surface area (Å²) in [5, 5.41) is 0. The standard InChI is InChI=1S/C19H22N2O4S/c1-13-12-21(15(3)22)18-11-17(9-10-19(18)25-13)26(23,24)20-14(2)16-7-5-4-6-8-16/h4-11,13-14,20H,12H2,1-3H3/t13-,14-/m0/s1. The zero-order chi connectivity index (χ0) is 18.9. The Bertz CT molecular complexity index is 912. The topological polar surface area (TPSA) is 75.7 Å². The molecule has 2 aromatic carbocycles. The monoisotopic (exact) mass is 374 g/mol. The predicted octanol–water partition coefficient (Wildman–Crippen LogP) is 2.86. The first-order chi connectivity index (χ1) is 12.3. The van der Waals surface area contributed by atoms with Crippen LogP contribution >= 0.6 is 0 Å². The van der Waals surface area contributed by atoms with Crippen molar-refractivity contribution in [1.82, 2.24) is 4.72 Å². The molecule has 2 atom stereocenters. The van der Waals surface area contributed by atoms with Crippen LogP contribution in [0.5, 0.6) is 5.75 Å². The third-order valence-corrected chi connectivity index (χ3v) is 5.85. The number of hydrogen-bond acceptors (Lipinski definition) is 4. The molecule has 0 fully saturated rings. The zero-order valence-electron chi connectivity index (χ0n) is 15.0. The van der Waals surface area contributed by atoms with Gasteiger partial charge in [-0.1, -0.05) is 30.3 Å². The van der Waals surface area contributed by atoms with Crippen molar-refractivity contribution in [1.29, 1.82) is 0 Å². The normalized spacial score (nSPS) is 18.0. The van der Waals surface area contributed by atoms with Crippen molar-refractivity contribution < 1.29 is 17.9 Å². The summed E-state index contributed by atoms with van der Waals surface area (Å²) in [6, 6.07) is 13.5. The SMILES string of the molecule is CC(=O)N1C[C@H](C)Oc2ccc(S(=O)(=O)N[C@@H](C)c3ccccc3)cc21. The summed E-state index contributed by atoms with van der Waals surface area (Å²) in [6.45, 7) is 5.50. The number of carbonyl (C=O) groups is 1. The lowest BCUT2D eigenvalue weighted by Gasteiger charge is -2.33. The first kappa shape index (κ1) is 18.4. The highest BCUT2D eigenvalue weighted by molar-refractivity contribution is 7.89. The lowest BCUT2D eigenvalue weighted by molar-refractivity contribution is -0.117. The van der Waals surface area contributed by atoms with Crippen LogP contribution in [0.1, 0.15) is 32.4 Å². The summed E-state index contributed by atoms with van der Waals surface area (Å²) >= 11 is 0. The van der Waals surface area contributed by atoms with E-state index < -0.39 is 10.0 Å². The molecule has 3 rings (SSSR count). The highest BCUT2D eigenvalue weighted by Crippen LogP contribution is 2.35. The van der Waals surface area contributed by atoms with Gasteiger partial charge >= 0.3 is 0 Å². The van der Waals surface area contributed by atoms with E-state index in [1.807, 2.05) is 37.3 Å². The zero-order valence-corrected chi connectivity index (χ0v) is 15.8. The van der Waals surface area contributed by atoms with Gasteiger partial charge in [-0.05, 0) is 37.6 Å². The summed E-state index contributed by atoms with van der Waals surface area (Å²) in [5.74, 6) is 0.357. The smallest absolute Gasteiger partial charge is 0.241 e. The van der Waals surface area contributed by atoms with Crippen LogP contribution in [0.3, 0.4) is 0 Å². The Morgan fingerprint density at radius 1 is 1.23 bits per heavy atom. The van der Waals surface area contributed by atoms with Crippen LogP contribution in [0, 0.1) is 0 Å². The number of ether oxygens (including phenoxy) is 1. The fourth-order valence-corrected chi connectivity index (χ4v) is 4.24. The number of rotatable bonds is 4. The Morgan fingerprint density at radius 2 is 1.92 bits per heavy atom. The maximum Gasteiger partial charge on any atom is 0.241 e. The lowest BCUT2D eigenvalue weighted by Crippen LogP contribution is -2.41. The first-order valence-corrected chi connectivity index (χ1v) is 9.92. The van der Waals surface area contributed by atoms with Crippen molar-refractivity contribution in [2.75, 3.05) is 11.4 Å². The summed E-state index contributed by atoms with van der Waals surface area (Å²) in [6.07, 6.45) is -0.148. The molecule has 26 heavy (non-hydrogen) atoms. The minimum atomic E-state index is -3.75. The number of hydrogen-bond donors (Lipinski definition) is 1. The van der Waals surface area contributed by atoms with E-state index in [2.05, 4.69) is 4.72 Å². The summed E-state index contributed by atoms with van der Waals surface area (Å²) in [7, 11) is -3.75. The Labute approximate surface area is 153 Å². The average Bonchev–Trinajstić information content (AvgIpc) is 2.60. The van der Waals surface area contributed by atoms with Crippen LogP contribution in [0.2, 0.25) is 0 Å². The van der Waals surface area contributed by atoms with Crippen LogP contribution < -0.4 is 14.4 Å². The van der Waals surface area contributed by atoms with Gasteiger partial charge in [0, 0.05) is 13.0 Å². The lowest BCUT2D eigenvalue weighted by atomic mass is 10.1. The van der Waals surface area contributed by atoms with E-state index in [4.69, 9.17) is 4.74 Å². The number of sulfonamides is 1. The van der Waals surface area contributed by atoms with E-state index in [0.29, 0.717) is 18.0 Å². The average molecular weight is 374 g/mol. The molecule has 0 bridgehead atoms. The van der Waals surface area contributed by atoms with E-state index in [9.17, 15) is 13.2 Å². The molecule has 0 radical (unpaired) electrons. The molecule has 6 nitrogen and oxygen atoms in total. The molecular formula is C19H22N2O4S. The summed E-state index contributed by atoms with van der Waals surface area (Å²) < 4.78 is 34.0. The minimum absolute atomic E-state index is 0.100. The van der Waals surface area contributed by atoms with Crippen LogP contribution in [-0.2, 0) is 14.8 Å². The molecule has 0 aromatic heterocycles. The highest BCUT2D eigenvalue weighted by Gasteiger charge is 2.28. The van der Waals surface area contributed by atoms with Gasteiger partial charge in [-0.2, -0.15) is 0 Å². The minimum Gasteiger partial charge on any atom is -0.487 e. The molecule has 0 saturated carbocycles. The second-order valence-corrected chi connectivity index (χ2v) is 8.16. The quantitative estimate of drug-likeness (QED) is 0.893. The van der Waals surface area contributed by atoms with Crippen LogP contribution in [0.15, 0.2) is 53.4 Å². The molecule has 0 spiro atoms. The van der Waals surface area contributed by atoms with Crippen molar-refractivity contribution in [2.45, 2.75) is 37.8 Å². The number of amides is 1. The van der Waals surface area contributed by atoms with Gasteiger partial charge in [0.2, 0.25) is 15.9 Å². The fourth-order valence-electron chi connectivity index (χ4n) is 2.99. The maximum absolute atomic E-state index is 12.8. The Hall–Kier alpha value is -2.38. The molecular weight excluding hydrogens is 352 g/mol. The number of fused-ring (bicyclic) bond motifs is 1. The van der Waals surface area contributed by atoms with Crippen molar-refractivity contribution in [2.24, 2.45) is 0 Å². The van der Waals surface area contributed by atoms with Crippen molar-refractivity contribution >= 4 is 21.6 Å². The molecule has 7 heteroatoms. The number of anilines is 1. The molecule has 1 heterocycles. The van der Waals surface area contributed by atoms with Gasteiger partial charge in [0.1, 0.15) is 11.9 Å². The van der Waals surface area contributed by atoms with E-state index in [1.54, 1.807) is 17.9 Å². The van der Waals surface area contributed by atoms with Crippen molar-refractivity contribution in [3.63, 3.8) is 0 Å². The van der Waals surface area contributed by atoms with Crippen LogP contribution in [0.25, 0.3) is 0 Å². The number of nitrogens with zero attached hydrogens (tertiary/aromatic N) is 1. The first-order valence-electron chi connectivity index (χ1n) is 8.44. The highest BCUT2D eigenvalue weighted by atomic mass is 32.2. The molecule has 138 valence electrons. The second-order valence-electron chi connectivity index (χ2n) is 6.44. The molecule has 1 N–H and O–H groups in total. The van der Waals surface area contributed by atoms with E-state index in [0.717, 1.165) is 5.56 Å². The Kier molecular flexibility index (Phi) is 5.02. The molecule has 0 saturated heterocycles. The number of benzene rings is 2. The molecule has 1 aliphatic heterocycles. The third kappa shape index (κ3) is 3.73. The molecule has 0 unspecified atom stereocenters. The van der Waals surface area contributed by atoms with Crippen LogP contribution in [-0.4, -0.2) is 27.0 Å². The molecule has 2 aromatic rings. The van der Waals surface area contributed by atoms with Gasteiger partial charge in [0.05, 0.1) is 17.1 Å². The summed E-state index contributed by atoms with van der Waals surface area (Å²) in [4.78, 5) is 13.6. The van der Waals surface area contributed by atoms with Gasteiger partial charge in [-0.25, -0.2) is 13.1 Å². The maximum atomic E-state index is 12.8. The molecule has 1 aliphatic rings. The fraction of sp³-hybridized carbons (Fsp3) is 0.316. The van der Waals surface area contributed by atoms with Crippen molar-refractivity contribution in [3.05, 3.63) is 54.1 Å². The number of nitrogens with one attached hydrogen (secondary N) is 1. The Morgan fingerprint density at radius 3 is 2.58 bits per heavy atom. The van der Waals surface area contributed by atoms with E-state index in [-0.39, 0.29) is 22.9 Å². The second kappa shape index (κ2) is 7.09. The third-order valence-electron chi connectivity index (χ3n) is 4.31. The van der Waals surface area contributed by atoms with Gasteiger partial charge in [-0.15, -0.1) is 0 Å².